The summed E-state index contributed by atoms with van der Waals surface area (Å²) in [5, 5.41) is 13.2. The zero-order chi connectivity index (χ0) is 13.7. The zero-order valence-corrected chi connectivity index (χ0v) is 11.7. The second kappa shape index (κ2) is 6.38. The van der Waals surface area contributed by atoms with Gasteiger partial charge in [-0.1, -0.05) is 17.7 Å². The molecule has 1 heterocycles. The molecular weight excluding hydrogens is 258 g/mol. The second-order valence-electron chi connectivity index (χ2n) is 4.53. The number of hydrogen-bond acceptors (Lipinski definition) is 3. The van der Waals surface area contributed by atoms with Crippen LogP contribution in [0.3, 0.4) is 0 Å². The number of hydrogen-bond donors (Lipinski definition) is 1. The molecule has 0 radical (unpaired) electrons. The highest BCUT2D eigenvalue weighted by atomic mass is 32.1. The van der Waals surface area contributed by atoms with Gasteiger partial charge in [-0.15, -0.1) is 0 Å². The Bertz CT molecular complexity index is 520. The van der Waals surface area contributed by atoms with E-state index >= 15 is 0 Å². The number of thiophene rings is 1. The summed E-state index contributed by atoms with van der Waals surface area (Å²) in [6.45, 7) is 2.77. The lowest BCUT2D eigenvalue weighted by atomic mass is 10.2. The van der Waals surface area contributed by atoms with E-state index < -0.39 is 5.97 Å². The molecule has 0 unspecified atom stereocenters. The molecule has 100 valence electrons. The summed E-state index contributed by atoms with van der Waals surface area (Å²) in [6, 6.07) is 10.1. The van der Waals surface area contributed by atoms with Crippen molar-refractivity contribution >= 4 is 23.0 Å². The smallest absolute Gasteiger partial charge is 0.323 e. The molecule has 1 aromatic carbocycles. The van der Waals surface area contributed by atoms with E-state index in [9.17, 15) is 4.79 Å². The molecule has 3 nitrogen and oxygen atoms in total. The standard InChI is InChI=1S/C15H17NO2S/c1-12-2-4-14(5-3-12)16(10-15(17)18)8-6-13-7-9-19-11-13/h2-5,7,9,11H,6,8,10H2,1H3,(H,17,18). The molecular formula is C15H17NO2S. The van der Waals surface area contributed by atoms with E-state index in [0.29, 0.717) is 6.54 Å². The van der Waals surface area contributed by atoms with Crippen molar-refractivity contribution in [3.63, 3.8) is 0 Å². The topological polar surface area (TPSA) is 40.5 Å². The molecule has 0 spiro atoms. The maximum absolute atomic E-state index is 11.0. The van der Waals surface area contributed by atoms with Gasteiger partial charge in [0, 0.05) is 12.2 Å². The number of rotatable bonds is 6. The minimum absolute atomic E-state index is 0.0349. The summed E-state index contributed by atoms with van der Waals surface area (Å²) < 4.78 is 0. The van der Waals surface area contributed by atoms with E-state index in [4.69, 9.17) is 5.11 Å². The summed E-state index contributed by atoms with van der Waals surface area (Å²) in [5.74, 6) is -0.800. The van der Waals surface area contributed by atoms with Crippen LogP contribution in [-0.2, 0) is 11.2 Å². The van der Waals surface area contributed by atoms with Gasteiger partial charge in [0.1, 0.15) is 6.54 Å². The molecule has 0 amide bonds. The van der Waals surface area contributed by atoms with E-state index in [1.807, 2.05) is 41.5 Å². The fraction of sp³-hybridized carbons (Fsp3) is 0.267. The number of benzene rings is 1. The fourth-order valence-electron chi connectivity index (χ4n) is 1.92. The highest BCUT2D eigenvalue weighted by molar-refractivity contribution is 7.07. The maximum Gasteiger partial charge on any atom is 0.323 e. The third kappa shape index (κ3) is 4.10. The molecule has 0 aliphatic heterocycles. The number of anilines is 1. The summed E-state index contributed by atoms with van der Waals surface area (Å²) >= 11 is 1.67. The Morgan fingerprint density at radius 2 is 2.00 bits per heavy atom. The molecule has 0 saturated heterocycles. The molecule has 0 atom stereocenters. The van der Waals surface area contributed by atoms with Crippen LogP contribution in [0.5, 0.6) is 0 Å². The number of carboxylic acids is 1. The molecule has 2 aromatic rings. The lowest BCUT2D eigenvalue weighted by Gasteiger charge is -2.22. The maximum atomic E-state index is 11.0. The Morgan fingerprint density at radius 1 is 1.26 bits per heavy atom. The van der Waals surface area contributed by atoms with Crippen LogP contribution in [0.1, 0.15) is 11.1 Å². The van der Waals surface area contributed by atoms with Crippen molar-refractivity contribution in [1.29, 1.82) is 0 Å². The van der Waals surface area contributed by atoms with Crippen LogP contribution in [0.25, 0.3) is 0 Å². The Balaban J connectivity index is 2.06. The predicted octanol–water partition coefficient (Wildman–Crippen LogP) is 3.19. The van der Waals surface area contributed by atoms with Crippen LogP contribution < -0.4 is 4.90 Å². The minimum Gasteiger partial charge on any atom is -0.480 e. The van der Waals surface area contributed by atoms with Crippen LogP contribution in [0.15, 0.2) is 41.1 Å². The van der Waals surface area contributed by atoms with Crippen LogP contribution >= 0.6 is 11.3 Å². The first-order chi connectivity index (χ1) is 9.15. The molecule has 4 heteroatoms. The van der Waals surface area contributed by atoms with Crippen molar-refractivity contribution in [3.05, 3.63) is 52.2 Å². The number of nitrogens with zero attached hydrogens (tertiary/aromatic N) is 1. The second-order valence-corrected chi connectivity index (χ2v) is 5.31. The van der Waals surface area contributed by atoms with Gasteiger partial charge in [0.2, 0.25) is 0 Å². The lowest BCUT2D eigenvalue weighted by Crippen LogP contribution is -2.31. The third-order valence-corrected chi connectivity index (χ3v) is 3.71. The van der Waals surface area contributed by atoms with Gasteiger partial charge in [0.15, 0.2) is 0 Å². The van der Waals surface area contributed by atoms with Crippen molar-refractivity contribution in [2.75, 3.05) is 18.0 Å². The summed E-state index contributed by atoms with van der Waals surface area (Å²) in [7, 11) is 0. The Morgan fingerprint density at radius 3 is 2.58 bits per heavy atom. The summed E-state index contributed by atoms with van der Waals surface area (Å²) in [5.41, 5.74) is 3.40. The first-order valence-electron chi connectivity index (χ1n) is 6.19. The van der Waals surface area contributed by atoms with Crippen LogP contribution in [0.4, 0.5) is 5.69 Å². The van der Waals surface area contributed by atoms with Gasteiger partial charge >= 0.3 is 5.97 Å². The monoisotopic (exact) mass is 275 g/mol. The largest absolute Gasteiger partial charge is 0.480 e. The highest BCUT2D eigenvalue weighted by Gasteiger charge is 2.10. The molecule has 0 aliphatic carbocycles. The number of carboxylic acid groups (broad SMARTS) is 1. The minimum atomic E-state index is -0.800. The molecule has 0 fully saturated rings. The van der Waals surface area contributed by atoms with E-state index in [1.165, 1.54) is 11.1 Å². The number of aliphatic carboxylic acids is 1. The third-order valence-electron chi connectivity index (χ3n) is 2.98. The molecule has 0 saturated carbocycles. The summed E-state index contributed by atoms with van der Waals surface area (Å²) in [6.07, 6.45) is 0.866. The van der Waals surface area contributed by atoms with E-state index in [2.05, 4.69) is 11.4 Å². The Labute approximate surface area is 117 Å². The van der Waals surface area contributed by atoms with E-state index in [0.717, 1.165) is 12.1 Å². The van der Waals surface area contributed by atoms with Crippen LogP contribution in [0, 0.1) is 6.92 Å². The van der Waals surface area contributed by atoms with Gasteiger partial charge < -0.3 is 10.0 Å². The number of aryl methyl sites for hydroxylation is 1. The van der Waals surface area contributed by atoms with Crippen molar-refractivity contribution in [3.8, 4) is 0 Å². The Hall–Kier alpha value is -1.81. The molecule has 2 rings (SSSR count). The zero-order valence-electron chi connectivity index (χ0n) is 10.9. The lowest BCUT2D eigenvalue weighted by molar-refractivity contribution is -0.135. The molecule has 19 heavy (non-hydrogen) atoms. The van der Waals surface area contributed by atoms with E-state index in [1.54, 1.807) is 11.3 Å². The average molecular weight is 275 g/mol. The number of carbonyl (C=O) groups is 1. The quantitative estimate of drug-likeness (QED) is 0.880. The van der Waals surface area contributed by atoms with Crippen molar-refractivity contribution in [2.24, 2.45) is 0 Å². The first-order valence-corrected chi connectivity index (χ1v) is 7.14. The van der Waals surface area contributed by atoms with Gasteiger partial charge in [-0.3, -0.25) is 4.79 Å². The van der Waals surface area contributed by atoms with Crippen LogP contribution in [0.2, 0.25) is 0 Å². The van der Waals surface area contributed by atoms with Crippen molar-refractivity contribution < 1.29 is 9.90 Å². The molecule has 1 aromatic heterocycles. The van der Waals surface area contributed by atoms with Crippen molar-refractivity contribution in [2.45, 2.75) is 13.3 Å². The molecule has 0 aliphatic rings. The highest BCUT2D eigenvalue weighted by Crippen LogP contribution is 2.16. The van der Waals surface area contributed by atoms with Gasteiger partial charge in [0.05, 0.1) is 0 Å². The Kier molecular flexibility index (Phi) is 4.58. The van der Waals surface area contributed by atoms with Gasteiger partial charge in [-0.2, -0.15) is 11.3 Å². The van der Waals surface area contributed by atoms with Gasteiger partial charge in [-0.05, 0) is 47.9 Å². The van der Waals surface area contributed by atoms with E-state index in [-0.39, 0.29) is 6.54 Å². The molecule has 1 N–H and O–H groups in total. The summed E-state index contributed by atoms with van der Waals surface area (Å²) in [4.78, 5) is 12.9. The first kappa shape index (κ1) is 13.6. The SMILES string of the molecule is Cc1ccc(N(CCc2ccsc2)CC(=O)O)cc1. The van der Waals surface area contributed by atoms with Crippen molar-refractivity contribution in [1.82, 2.24) is 0 Å². The predicted molar refractivity (Wildman–Crippen MR) is 79.1 cm³/mol. The average Bonchev–Trinajstić information content (AvgIpc) is 2.88. The normalized spacial score (nSPS) is 10.4. The van der Waals surface area contributed by atoms with Gasteiger partial charge in [-0.25, -0.2) is 0 Å². The molecule has 0 bridgehead atoms. The fourth-order valence-corrected chi connectivity index (χ4v) is 2.62. The van der Waals surface area contributed by atoms with Gasteiger partial charge in [0.25, 0.3) is 0 Å². The van der Waals surface area contributed by atoms with Crippen LogP contribution in [-0.4, -0.2) is 24.2 Å².